The molecule has 0 spiro atoms. The normalized spacial score (nSPS) is 10.5. The van der Waals surface area contributed by atoms with Gasteiger partial charge in [0.05, 0.1) is 13.2 Å². The van der Waals surface area contributed by atoms with Crippen LogP contribution in [0.2, 0.25) is 0 Å². The van der Waals surface area contributed by atoms with Gasteiger partial charge in [-0.15, -0.1) is 0 Å². The second kappa shape index (κ2) is 6.77. The van der Waals surface area contributed by atoms with Crippen LogP contribution in [-0.2, 0) is 9.53 Å². The van der Waals surface area contributed by atoms with Crippen LogP contribution in [0.3, 0.4) is 0 Å². The van der Waals surface area contributed by atoms with E-state index < -0.39 is 5.97 Å². The molecule has 1 N–H and O–H groups in total. The molecule has 3 nitrogen and oxygen atoms in total. The molecule has 0 unspecified atom stereocenters. The van der Waals surface area contributed by atoms with Crippen molar-refractivity contribution in [3.63, 3.8) is 0 Å². The number of hydrogen-bond acceptors (Lipinski definition) is 2. The highest BCUT2D eigenvalue weighted by molar-refractivity contribution is 9.09. The zero-order valence-corrected chi connectivity index (χ0v) is 7.00. The Hall–Kier alpha value is -0.350. The molecule has 0 radical (unpaired) electrons. The summed E-state index contributed by atoms with van der Waals surface area (Å²) in [5.41, 5.74) is 0. The van der Waals surface area contributed by atoms with Gasteiger partial charge in [0.2, 0.25) is 0 Å². The summed E-state index contributed by atoms with van der Waals surface area (Å²) in [5, 5.41) is 8.89. The Kier molecular flexibility index (Phi) is 6.53. The first-order valence-electron chi connectivity index (χ1n) is 2.80. The van der Waals surface area contributed by atoms with E-state index in [1.54, 1.807) is 0 Å². The molecule has 0 aliphatic carbocycles. The van der Waals surface area contributed by atoms with Gasteiger partial charge in [-0.2, -0.15) is 0 Å². The van der Waals surface area contributed by atoms with Crippen molar-refractivity contribution < 1.29 is 14.6 Å². The van der Waals surface area contributed by atoms with Crippen LogP contribution in [-0.4, -0.2) is 29.6 Å². The Bertz CT molecular complexity index is 122. The Balaban J connectivity index is 3.10. The van der Waals surface area contributed by atoms with Crippen LogP contribution in [0.1, 0.15) is 0 Å². The van der Waals surface area contributed by atoms with Crippen molar-refractivity contribution in [1.29, 1.82) is 0 Å². The molecule has 0 rings (SSSR count). The molecule has 0 saturated carbocycles. The quantitative estimate of drug-likeness (QED) is 0.418. The SMILES string of the molecule is O=C(O)/C=C/COCCBr. The molecule has 0 aromatic heterocycles. The number of carbonyl (C=O) groups is 1. The van der Waals surface area contributed by atoms with E-state index in [9.17, 15) is 4.79 Å². The van der Waals surface area contributed by atoms with Crippen LogP contribution in [0.25, 0.3) is 0 Å². The molecule has 10 heavy (non-hydrogen) atoms. The first-order valence-corrected chi connectivity index (χ1v) is 3.92. The summed E-state index contributed by atoms with van der Waals surface area (Å²) >= 11 is 3.16. The Labute approximate surface area is 67.8 Å². The number of halogens is 1. The molecule has 0 aromatic carbocycles. The maximum atomic E-state index is 9.88. The van der Waals surface area contributed by atoms with Gasteiger partial charge in [-0.1, -0.05) is 22.0 Å². The minimum absolute atomic E-state index is 0.359. The Morgan fingerprint density at radius 2 is 2.40 bits per heavy atom. The van der Waals surface area contributed by atoms with E-state index in [0.29, 0.717) is 13.2 Å². The first-order chi connectivity index (χ1) is 4.77. The second-order valence-electron chi connectivity index (χ2n) is 1.50. The maximum Gasteiger partial charge on any atom is 0.328 e. The lowest BCUT2D eigenvalue weighted by Crippen LogP contribution is -1.95. The summed E-state index contributed by atoms with van der Waals surface area (Å²) in [6.07, 6.45) is 2.53. The van der Waals surface area contributed by atoms with Gasteiger partial charge in [-0.05, 0) is 0 Å². The molecular formula is C6H9BrO3. The summed E-state index contributed by atoms with van der Waals surface area (Å²) in [6.45, 7) is 0.960. The highest BCUT2D eigenvalue weighted by Crippen LogP contribution is 1.82. The number of ether oxygens (including phenoxy) is 1. The first kappa shape index (κ1) is 9.65. The predicted octanol–water partition coefficient (Wildman–Crippen LogP) is 1.04. The third-order valence-corrected chi connectivity index (χ3v) is 1.02. The highest BCUT2D eigenvalue weighted by Gasteiger charge is 1.84. The Morgan fingerprint density at radius 1 is 1.70 bits per heavy atom. The lowest BCUT2D eigenvalue weighted by atomic mass is 10.5. The zero-order valence-electron chi connectivity index (χ0n) is 5.42. The highest BCUT2D eigenvalue weighted by atomic mass is 79.9. The third kappa shape index (κ3) is 7.65. The summed E-state index contributed by atoms with van der Waals surface area (Å²) in [4.78, 5) is 9.88. The molecule has 0 heterocycles. The van der Waals surface area contributed by atoms with Gasteiger partial charge in [0.15, 0.2) is 0 Å². The smallest absolute Gasteiger partial charge is 0.328 e. The molecule has 0 bridgehead atoms. The minimum atomic E-state index is -0.942. The number of carboxylic acid groups (broad SMARTS) is 1. The topological polar surface area (TPSA) is 46.5 Å². The van der Waals surface area contributed by atoms with Gasteiger partial charge < -0.3 is 9.84 Å². The molecule has 0 aliphatic rings. The third-order valence-electron chi connectivity index (χ3n) is 0.696. The fourth-order valence-electron chi connectivity index (χ4n) is 0.355. The van der Waals surface area contributed by atoms with E-state index >= 15 is 0 Å². The van der Waals surface area contributed by atoms with Crippen LogP contribution in [0.15, 0.2) is 12.2 Å². The molecule has 0 saturated heterocycles. The number of carboxylic acids is 1. The number of hydrogen-bond donors (Lipinski definition) is 1. The van der Waals surface area contributed by atoms with Gasteiger partial charge in [0.1, 0.15) is 0 Å². The van der Waals surface area contributed by atoms with Crippen LogP contribution < -0.4 is 0 Å². The predicted molar refractivity (Wildman–Crippen MR) is 41.4 cm³/mol. The van der Waals surface area contributed by atoms with Crippen molar-refractivity contribution in [2.75, 3.05) is 18.5 Å². The van der Waals surface area contributed by atoms with Crippen molar-refractivity contribution in [3.8, 4) is 0 Å². The number of rotatable bonds is 5. The largest absolute Gasteiger partial charge is 0.478 e. The van der Waals surface area contributed by atoms with Crippen molar-refractivity contribution in [2.24, 2.45) is 0 Å². The summed E-state index contributed by atoms with van der Waals surface area (Å²) in [7, 11) is 0. The lowest BCUT2D eigenvalue weighted by molar-refractivity contribution is -0.131. The maximum absolute atomic E-state index is 9.88. The molecule has 0 amide bonds. The average Bonchev–Trinajstić information content (AvgIpc) is 1.87. The van der Waals surface area contributed by atoms with Crippen LogP contribution in [0.4, 0.5) is 0 Å². The molecule has 4 heteroatoms. The van der Waals surface area contributed by atoms with Crippen molar-refractivity contribution in [3.05, 3.63) is 12.2 Å². The molecule has 58 valence electrons. The van der Waals surface area contributed by atoms with E-state index in [1.165, 1.54) is 6.08 Å². The van der Waals surface area contributed by atoms with Crippen molar-refractivity contribution >= 4 is 21.9 Å². The molecule has 0 atom stereocenters. The van der Waals surface area contributed by atoms with Gasteiger partial charge in [-0.3, -0.25) is 0 Å². The fourth-order valence-corrected chi connectivity index (χ4v) is 0.584. The van der Waals surface area contributed by atoms with Crippen molar-refractivity contribution in [1.82, 2.24) is 0 Å². The molecular weight excluding hydrogens is 200 g/mol. The summed E-state index contributed by atoms with van der Waals surface area (Å²) in [6, 6.07) is 0. The van der Waals surface area contributed by atoms with E-state index in [-0.39, 0.29) is 0 Å². The monoisotopic (exact) mass is 208 g/mol. The van der Waals surface area contributed by atoms with E-state index in [0.717, 1.165) is 11.4 Å². The minimum Gasteiger partial charge on any atom is -0.478 e. The van der Waals surface area contributed by atoms with Gasteiger partial charge in [0, 0.05) is 11.4 Å². The van der Waals surface area contributed by atoms with Crippen molar-refractivity contribution in [2.45, 2.75) is 0 Å². The zero-order chi connectivity index (χ0) is 7.82. The summed E-state index contributed by atoms with van der Waals surface area (Å²) < 4.78 is 4.94. The van der Waals surface area contributed by atoms with Crippen LogP contribution in [0.5, 0.6) is 0 Å². The second-order valence-corrected chi connectivity index (χ2v) is 2.30. The van der Waals surface area contributed by atoms with Crippen LogP contribution in [0, 0.1) is 0 Å². The average molecular weight is 209 g/mol. The Morgan fingerprint density at radius 3 is 2.90 bits per heavy atom. The molecule has 0 fully saturated rings. The summed E-state index contributed by atoms with van der Waals surface area (Å²) in [5.74, 6) is -0.942. The number of alkyl halides is 1. The standard InChI is InChI=1S/C6H9BrO3/c7-3-5-10-4-1-2-6(8)9/h1-2H,3-5H2,(H,8,9)/b2-1+. The number of aliphatic carboxylic acids is 1. The molecule has 0 aliphatic heterocycles. The van der Waals surface area contributed by atoms with Gasteiger partial charge in [0.25, 0.3) is 0 Å². The molecule has 0 aromatic rings. The van der Waals surface area contributed by atoms with E-state index in [2.05, 4.69) is 15.9 Å². The van der Waals surface area contributed by atoms with Crippen LogP contribution >= 0.6 is 15.9 Å². The van der Waals surface area contributed by atoms with Gasteiger partial charge in [-0.25, -0.2) is 4.79 Å². The lowest BCUT2D eigenvalue weighted by Gasteiger charge is -1.93. The van der Waals surface area contributed by atoms with E-state index in [1.807, 2.05) is 0 Å². The van der Waals surface area contributed by atoms with Gasteiger partial charge >= 0.3 is 5.97 Å². The fraction of sp³-hybridized carbons (Fsp3) is 0.500. The van der Waals surface area contributed by atoms with E-state index in [4.69, 9.17) is 9.84 Å².